The van der Waals surface area contributed by atoms with Crippen LogP contribution in [0.3, 0.4) is 0 Å². The van der Waals surface area contributed by atoms with Crippen LogP contribution in [0, 0.1) is 0 Å². The van der Waals surface area contributed by atoms with Gasteiger partial charge in [-0.05, 0) is 35.6 Å². The number of para-hydroxylation sites is 1. The first-order chi connectivity index (χ1) is 13.6. The number of hydrogen-bond donors (Lipinski definition) is 1. The van der Waals surface area contributed by atoms with Crippen LogP contribution in [0.2, 0.25) is 0 Å². The molecule has 144 valence electrons. The predicted molar refractivity (Wildman–Crippen MR) is 110 cm³/mol. The van der Waals surface area contributed by atoms with Gasteiger partial charge in [0.05, 0.1) is 5.69 Å². The topological polar surface area (TPSA) is 34.0 Å². The van der Waals surface area contributed by atoms with Crippen molar-refractivity contribution in [1.29, 1.82) is 0 Å². The summed E-state index contributed by atoms with van der Waals surface area (Å²) in [4.78, 5) is 12.0. The highest BCUT2D eigenvalue weighted by molar-refractivity contribution is 6.03. The van der Waals surface area contributed by atoms with Gasteiger partial charge in [-0.1, -0.05) is 43.0 Å². The molecule has 28 heavy (non-hydrogen) atoms. The molecule has 1 N–H and O–H groups in total. The molecule has 5 heteroatoms. The molecule has 0 spiro atoms. The highest BCUT2D eigenvalue weighted by atomic mass is 19.1. The highest BCUT2D eigenvalue weighted by Crippen LogP contribution is 2.34. The minimum absolute atomic E-state index is 0.177. The Kier molecular flexibility index (Phi) is 6.04. The molecule has 0 saturated heterocycles. The van der Waals surface area contributed by atoms with E-state index in [9.17, 15) is 13.6 Å². The Hall–Kier alpha value is -3.21. The molecule has 0 saturated carbocycles. The average molecular weight is 380 g/mol. The summed E-state index contributed by atoms with van der Waals surface area (Å²) in [6, 6.07) is 7.58. The highest BCUT2D eigenvalue weighted by Gasteiger charge is 2.23. The maximum absolute atomic E-state index is 14.4. The molecule has 1 aromatic carbocycles. The van der Waals surface area contributed by atoms with E-state index in [-0.39, 0.29) is 13.0 Å². The summed E-state index contributed by atoms with van der Waals surface area (Å²) in [5.74, 6) is -0.474. The minimum Gasteiger partial charge on any atom is -0.394 e. The summed E-state index contributed by atoms with van der Waals surface area (Å²) in [5, 5.41) is 3.79. The molecule has 0 amide bonds. The van der Waals surface area contributed by atoms with Crippen molar-refractivity contribution in [3.8, 4) is 0 Å². The van der Waals surface area contributed by atoms with Crippen LogP contribution in [0.15, 0.2) is 78.8 Å². The minimum atomic E-state index is -1.40. The van der Waals surface area contributed by atoms with E-state index < -0.39 is 12.0 Å². The molecule has 0 bridgehead atoms. The van der Waals surface area contributed by atoms with Crippen molar-refractivity contribution in [2.45, 2.75) is 19.1 Å². The fourth-order valence-electron chi connectivity index (χ4n) is 3.43. The summed E-state index contributed by atoms with van der Waals surface area (Å²) in [6.45, 7) is 4.05. The molecule has 1 heterocycles. The van der Waals surface area contributed by atoms with Crippen molar-refractivity contribution in [2.24, 2.45) is 0 Å². The molecule has 1 aliphatic rings. The first-order valence-corrected chi connectivity index (χ1v) is 9.03. The van der Waals surface area contributed by atoms with E-state index in [1.165, 1.54) is 12.2 Å². The fraction of sp³-hybridized carbons (Fsp3) is 0.174. The number of allylic oxidation sites excluding steroid dienone is 8. The monoisotopic (exact) mass is 380 g/mol. The smallest absolute Gasteiger partial charge is 0.167 e. The zero-order chi connectivity index (χ0) is 20.1. The first kappa shape index (κ1) is 19.5. The summed E-state index contributed by atoms with van der Waals surface area (Å²) >= 11 is 0. The largest absolute Gasteiger partial charge is 0.394 e. The first-order valence-electron chi connectivity index (χ1n) is 9.03. The second-order valence-electron chi connectivity index (χ2n) is 6.48. The number of nitrogens with zero attached hydrogens (tertiary/aromatic N) is 1. The molecule has 1 aromatic heterocycles. The number of aromatic nitrogens is 1. The van der Waals surface area contributed by atoms with Gasteiger partial charge in [0.1, 0.15) is 12.0 Å². The Morgan fingerprint density at radius 2 is 2.14 bits per heavy atom. The Bertz CT molecular complexity index is 1020. The normalized spacial score (nSPS) is 17.5. The molecule has 1 aliphatic carbocycles. The van der Waals surface area contributed by atoms with Gasteiger partial charge in [-0.15, -0.1) is 0 Å². The van der Waals surface area contributed by atoms with Crippen LogP contribution in [0.25, 0.3) is 16.5 Å². The number of hydrogen-bond acceptors (Lipinski definition) is 2. The van der Waals surface area contributed by atoms with Gasteiger partial charge < -0.3 is 9.88 Å². The molecule has 3 rings (SSSR count). The van der Waals surface area contributed by atoms with Crippen LogP contribution in [-0.4, -0.2) is 24.1 Å². The van der Waals surface area contributed by atoms with Crippen LogP contribution in [0.1, 0.15) is 22.5 Å². The number of fused-ring (bicyclic) bond motifs is 1. The van der Waals surface area contributed by atoms with E-state index in [1.807, 2.05) is 36.4 Å². The number of carbonyl (C=O) groups excluding carboxylic acids is 1. The maximum atomic E-state index is 14.4. The number of alkyl halides is 1. The van der Waals surface area contributed by atoms with Crippen LogP contribution in [0.5, 0.6) is 0 Å². The lowest BCUT2D eigenvalue weighted by Crippen LogP contribution is -2.15. The number of rotatable bonds is 7. The number of nitrogens with one attached hydrogen (secondary N) is 1. The van der Waals surface area contributed by atoms with Gasteiger partial charge in [0, 0.05) is 36.5 Å². The Labute approximate surface area is 163 Å². The third-order valence-corrected chi connectivity index (χ3v) is 4.77. The lowest BCUT2D eigenvalue weighted by atomic mass is 10.0. The second kappa shape index (κ2) is 8.65. The van der Waals surface area contributed by atoms with E-state index >= 15 is 0 Å². The number of halogens is 2. The van der Waals surface area contributed by atoms with Gasteiger partial charge in [0.25, 0.3) is 0 Å². The standard InChI is InChI=1S/C23H22F2N2O/c1-3-16(7-6-12-26-2)23-19-8-4-5-9-21(19)27(22(23)15-28)14-17-10-11-18(24)13-20(17)25/h3-12,15,20,26H,1,13-14H2,2H3/b12-6-,16-7+. The second-order valence-corrected chi connectivity index (χ2v) is 6.48. The van der Waals surface area contributed by atoms with Gasteiger partial charge in [0.2, 0.25) is 0 Å². The predicted octanol–water partition coefficient (Wildman–Crippen LogP) is 5.28. The summed E-state index contributed by atoms with van der Waals surface area (Å²) < 4.78 is 29.5. The van der Waals surface area contributed by atoms with Crippen LogP contribution in [0.4, 0.5) is 8.78 Å². The van der Waals surface area contributed by atoms with Crippen molar-refractivity contribution in [3.05, 3.63) is 90.1 Å². The van der Waals surface area contributed by atoms with Crippen molar-refractivity contribution in [3.63, 3.8) is 0 Å². The molecular weight excluding hydrogens is 358 g/mol. The van der Waals surface area contributed by atoms with Crippen molar-refractivity contribution >= 4 is 22.8 Å². The van der Waals surface area contributed by atoms with Crippen LogP contribution < -0.4 is 5.32 Å². The number of benzene rings is 1. The molecule has 0 radical (unpaired) electrons. The zero-order valence-corrected chi connectivity index (χ0v) is 15.7. The fourth-order valence-corrected chi connectivity index (χ4v) is 3.43. The van der Waals surface area contributed by atoms with Crippen molar-refractivity contribution in [2.75, 3.05) is 7.05 Å². The van der Waals surface area contributed by atoms with E-state index in [1.54, 1.807) is 23.9 Å². The molecule has 2 aromatic rings. The third-order valence-electron chi connectivity index (χ3n) is 4.77. The maximum Gasteiger partial charge on any atom is 0.167 e. The summed E-state index contributed by atoms with van der Waals surface area (Å²) in [5.41, 5.74) is 3.22. The van der Waals surface area contributed by atoms with Gasteiger partial charge in [-0.25, -0.2) is 8.78 Å². The SMILES string of the molecule is C=C/C(=C\C=C/NC)c1c(C=O)n(CC2=CC=C(F)CC2F)c2ccccc12. The van der Waals surface area contributed by atoms with Gasteiger partial charge in [-0.3, -0.25) is 4.79 Å². The molecular formula is C23H22F2N2O. The number of aldehydes is 1. The van der Waals surface area contributed by atoms with Crippen LogP contribution in [-0.2, 0) is 6.54 Å². The van der Waals surface area contributed by atoms with Gasteiger partial charge in [0.15, 0.2) is 6.29 Å². The Morgan fingerprint density at radius 1 is 1.36 bits per heavy atom. The van der Waals surface area contributed by atoms with E-state index in [0.717, 1.165) is 28.3 Å². The molecule has 1 atom stereocenters. The van der Waals surface area contributed by atoms with Crippen LogP contribution >= 0.6 is 0 Å². The Morgan fingerprint density at radius 3 is 2.82 bits per heavy atom. The van der Waals surface area contributed by atoms with Crippen molar-refractivity contribution < 1.29 is 13.6 Å². The summed E-state index contributed by atoms with van der Waals surface area (Å²) in [6.07, 6.45) is 9.01. The summed E-state index contributed by atoms with van der Waals surface area (Å²) in [7, 11) is 1.79. The average Bonchev–Trinajstić information content (AvgIpc) is 3.01. The number of carbonyl (C=O) groups is 1. The van der Waals surface area contributed by atoms with E-state index in [2.05, 4.69) is 11.9 Å². The Balaban J connectivity index is 2.19. The lowest BCUT2D eigenvalue weighted by molar-refractivity contribution is 0.111. The molecule has 3 nitrogen and oxygen atoms in total. The quantitative estimate of drug-likeness (QED) is 0.524. The van der Waals surface area contributed by atoms with E-state index in [0.29, 0.717) is 11.3 Å². The third kappa shape index (κ3) is 3.74. The van der Waals surface area contributed by atoms with Crippen molar-refractivity contribution in [1.82, 2.24) is 9.88 Å². The van der Waals surface area contributed by atoms with E-state index in [4.69, 9.17) is 0 Å². The molecule has 1 unspecified atom stereocenters. The van der Waals surface area contributed by atoms with Gasteiger partial charge >= 0.3 is 0 Å². The molecule has 0 fully saturated rings. The van der Waals surface area contributed by atoms with Gasteiger partial charge in [-0.2, -0.15) is 0 Å². The molecule has 0 aliphatic heterocycles. The zero-order valence-electron chi connectivity index (χ0n) is 15.7. The lowest BCUT2D eigenvalue weighted by Gasteiger charge is -2.17.